The first-order chi connectivity index (χ1) is 35.0. The van der Waals surface area contributed by atoms with Crippen LogP contribution in [0, 0.1) is 34.3 Å². The summed E-state index contributed by atoms with van der Waals surface area (Å²) in [6, 6.07) is 9.06. The standard InChI is InChI=1S/C51H61F5N10O8/c1-49(2,3)42(61-47(70)72-6)46(69)63-66(27-36-37(52)24-34(25-38(36)53)44-57-17-8-18-58-44)28-40(67)39(60-45(68)43(62-48(71)73-7)50(4,5)51(54,55)56)23-32-12-9-31(10-13-32)11-14-33-15-16-41(59-26-33)65-21-19-64(20-22-65)35-29-74-30-35/h8-10,12-13,15-18,24-26,35,39-40,42-43,67H,19-23,27-30H2,1-7H3,(H,60,68)(H,61,70)(H,62,71)(H,63,69)/t39-,40-,42+,43?/m0/s1. The van der Waals surface area contributed by atoms with Crippen molar-refractivity contribution >= 4 is 29.8 Å². The van der Waals surface area contributed by atoms with Gasteiger partial charge in [0, 0.05) is 80.1 Å². The van der Waals surface area contributed by atoms with Gasteiger partial charge in [-0.05, 0) is 73.7 Å². The third kappa shape index (κ3) is 14.6. The molecule has 6 rings (SSSR count). The number of nitrogens with one attached hydrogen (secondary N) is 4. The largest absolute Gasteiger partial charge is 0.453 e. The van der Waals surface area contributed by atoms with Gasteiger partial charge in [0.2, 0.25) is 5.91 Å². The van der Waals surface area contributed by atoms with Gasteiger partial charge in [-0.1, -0.05) is 44.7 Å². The van der Waals surface area contributed by atoms with E-state index >= 15 is 8.78 Å². The number of hydrogen-bond donors (Lipinski definition) is 5. The number of halogens is 5. The van der Waals surface area contributed by atoms with Gasteiger partial charge in [-0.3, -0.25) is 19.9 Å². The highest BCUT2D eigenvalue weighted by molar-refractivity contribution is 5.87. The summed E-state index contributed by atoms with van der Waals surface area (Å²) in [7, 11) is 1.98. The van der Waals surface area contributed by atoms with Crippen molar-refractivity contribution in [2.75, 3.05) is 65.1 Å². The lowest BCUT2D eigenvalue weighted by Gasteiger charge is -2.42. The number of pyridine rings is 1. The third-order valence-electron chi connectivity index (χ3n) is 12.8. The molecule has 1 unspecified atom stereocenters. The number of aliphatic hydroxyl groups is 1. The van der Waals surface area contributed by atoms with E-state index in [4.69, 9.17) is 9.47 Å². The molecule has 4 heterocycles. The maximum atomic E-state index is 16.0. The van der Waals surface area contributed by atoms with Gasteiger partial charge in [0.25, 0.3) is 5.91 Å². The molecular weight excluding hydrogens is 976 g/mol. The molecule has 2 aliphatic heterocycles. The average Bonchev–Trinajstić information content (AvgIpc) is 3.34. The molecule has 2 aromatic heterocycles. The van der Waals surface area contributed by atoms with Crippen LogP contribution >= 0.6 is 0 Å². The van der Waals surface area contributed by atoms with Gasteiger partial charge in [-0.2, -0.15) is 13.2 Å². The predicted octanol–water partition coefficient (Wildman–Crippen LogP) is 4.74. The lowest BCUT2D eigenvalue weighted by molar-refractivity contribution is -0.220. The molecule has 0 aliphatic carbocycles. The first-order valence-electron chi connectivity index (χ1n) is 23.7. The van der Waals surface area contributed by atoms with Crippen molar-refractivity contribution in [3.05, 3.63) is 107 Å². The second-order valence-electron chi connectivity index (χ2n) is 19.5. The number of carbonyl (C=O) groups is 4. The van der Waals surface area contributed by atoms with E-state index in [9.17, 15) is 37.5 Å². The van der Waals surface area contributed by atoms with Crippen molar-refractivity contribution in [2.24, 2.45) is 10.8 Å². The van der Waals surface area contributed by atoms with Crippen LogP contribution in [-0.4, -0.2) is 151 Å². The molecule has 4 aromatic rings. The number of nitrogens with zero attached hydrogens (tertiary/aromatic N) is 6. The lowest BCUT2D eigenvalue weighted by atomic mass is 9.82. The summed E-state index contributed by atoms with van der Waals surface area (Å²) in [5, 5.41) is 19.9. The summed E-state index contributed by atoms with van der Waals surface area (Å²) in [6.07, 6.45) is -5.09. The summed E-state index contributed by atoms with van der Waals surface area (Å²) in [5.41, 5.74) is -0.364. The quantitative estimate of drug-likeness (QED) is 0.0550. The zero-order chi connectivity index (χ0) is 54.0. The number of anilines is 1. The Morgan fingerprint density at radius 1 is 0.811 bits per heavy atom. The number of carbonyl (C=O) groups excluding carboxylic acids is 4. The Morgan fingerprint density at radius 3 is 1.92 bits per heavy atom. The van der Waals surface area contributed by atoms with E-state index in [1.807, 2.05) is 17.4 Å². The maximum absolute atomic E-state index is 16.0. The zero-order valence-electron chi connectivity index (χ0n) is 42.1. The van der Waals surface area contributed by atoms with E-state index in [2.05, 4.69) is 57.4 Å². The summed E-state index contributed by atoms with van der Waals surface area (Å²) >= 11 is 0. The van der Waals surface area contributed by atoms with Crippen molar-refractivity contribution in [1.29, 1.82) is 0 Å². The van der Waals surface area contributed by atoms with E-state index in [0.717, 1.165) is 76.6 Å². The maximum Gasteiger partial charge on any atom is 0.407 e. The molecule has 0 spiro atoms. The van der Waals surface area contributed by atoms with Gasteiger partial charge in [0.15, 0.2) is 5.82 Å². The minimum Gasteiger partial charge on any atom is -0.453 e. The molecular formula is C51H61F5N10O8. The van der Waals surface area contributed by atoms with Gasteiger partial charge in [-0.15, -0.1) is 0 Å². The smallest absolute Gasteiger partial charge is 0.407 e. The highest BCUT2D eigenvalue weighted by Gasteiger charge is 2.56. The van der Waals surface area contributed by atoms with E-state index in [1.54, 1.807) is 51.2 Å². The van der Waals surface area contributed by atoms with Crippen LogP contribution in [0.5, 0.6) is 0 Å². The number of alkyl carbamates (subject to hydrolysis) is 2. The van der Waals surface area contributed by atoms with Gasteiger partial charge in [-0.25, -0.2) is 38.3 Å². The molecule has 4 atom stereocenters. The molecule has 2 aromatic carbocycles. The molecule has 2 fully saturated rings. The van der Waals surface area contributed by atoms with Gasteiger partial charge in [0.05, 0.1) is 51.0 Å². The number of aromatic nitrogens is 3. The van der Waals surface area contributed by atoms with Crippen LogP contribution in [0.4, 0.5) is 37.4 Å². The molecule has 23 heteroatoms. The normalized spacial score (nSPS) is 16.1. The second-order valence-corrected chi connectivity index (χ2v) is 19.5. The fourth-order valence-electron chi connectivity index (χ4n) is 8.08. The molecule has 2 saturated heterocycles. The van der Waals surface area contributed by atoms with Gasteiger partial charge in [0.1, 0.15) is 29.5 Å². The molecule has 0 saturated carbocycles. The predicted molar refractivity (Wildman–Crippen MR) is 261 cm³/mol. The Morgan fingerprint density at radius 2 is 1.39 bits per heavy atom. The van der Waals surface area contributed by atoms with Crippen LogP contribution < -0.4 is 26.3 Å². The van der Waals surface area contributed by atoms with Gasteiger partial charge >= 0.3 is 18.4 Å². The highest BCUT2D eigenvalue weighted by Crippen LogP contribution is 2.40. The number of aliphatic hydroxyl groups excluding tert-OH is 1. The number of ether oxygens (including phenoxy) is 3. The molecule has 4 amide bonds. The van der Waals surface area contributed by atoms with E-state index in [0.29, 0.717) is 36.6 Å². The van der Waals surface area contributed by atoms with Crippen molar-refractivity contribution < 1.29 is 60.4 Å². The highest BCUT2D eigenvalue weighted by atomic mass is 19.4. The minimum atomic E-state index is -5.06. The Kier molecular flexibility index (Phi) is 18.5. The molecule has 0 radical (unpaired) electrons. The van der Waals surface area contributed by atoms with Crippen molar-refractivity contribution in [3.63, 3.8) is 0 Å². The number of alkyl halides is 3. The number of rotatable bonds is 17. The second kappa shape index (κ2) is 24.4. The summed E-state index contributed by atoms with van der Waals surface area (Å²) in [4.78, 5) is 70.2. The van der Waals surface area contributed by atoms with Crippen LogP contribution in [0.3, 0.4) is 0 Å². The molecule has 0 bridgehead atoms. The van der Waals surface area contributed by atoms with Crippen LogP contribution in [0.1, 0.15) is 56.9 Å². The number of benzene rings is 2. The number of hydrazine groups is 1. The molecule has 18 nitrogen and oxygen atoms in total. The minimum absolute atomic E-state index is 0.00878. The number of piperazine rings is 1. The Hall–Kier alpha value is -7.00. The SMILES string of the molecule is COC(=O)NC(C(=O)N[C@@H](Cc1ccc(C#Cc2ccc(N3CCN(C4COC4)CC3)nc2)cc1)[C@@H](O)CN(Cc1c(F)cc(-c2ncccn2)cc1F)NC(=O)[C@@H](NC(=O)OC)C(C)(C)C)C(C)(C)C(F)(F)F. The van der Waals surface area contributed by atoms with Crippen LogP contribution in [0.25, 0.3) is 11.4 Å². The van der Waals surface area contributed by atoms with Crippen molar-refractivity contribution in [2.45, 2.75) is 84.0 Å². The lowest BCUT2D eigenvalue weighted by Crippen LogP contribution is -2.63. The topological polar surface area (TPSA) is 213 Å². The van der Waals surface area contributed by atoms with Crippen molar-refractivity contribution in [3.8, 4) is 23.2 Å². The summed E-state index contributed by atoms with van der Waals surface area (Å²) in [5.74, 6) is 2.51. The fourth-order valence-corrected chi connectivity index (χ4v) is 8.08. The summed E-state index contributed by atoms with van der Waals surface area (Å²) in [6.45, 7) is 9.75. The monoisotopic (exact) mass is 1040 g/mol. The Balaban J connectivity index is 1.28. The summed E-state index contributed by atoms with van der Waals surface area (Å²) < 4.78 is 90.2. The number of methoxy groups -OCH3 is 2. The molecule has 74 heavy (non-hydrogen) atoms. The van der Waals surface area contributed by atoms with Gasteiger partial charge < -0.3 is 40.2 Å². The first kappa shape index (κ1) is 56.3. The average molecular weight is 1040 g/mol. The van der Waals surface area contributed by atoms with Crippen molar-refractivity contribution in [1.82, 2.24) is 46.2 Å². The van der Waals surface area contributed by atoms with E-state index in [1.165, 1.54) is 18.5 Å². The Bertz CT molecular complexity index is 2610. The van der Waals surface area contributed by atoms with Crippen LogP contribution in [-0.2, 0) is 36.8 Å². The van der Waals surface area contributed by atoms with Crippen LogP contribution in [0.15, 0.2) is 73.2 Å². The van der Waals surface area contributed by atoms with E-state index < -0.39 is 95.5 Å². The third-order valence-corrected chi connectivity index (χ3v) is 12.8. The first-order valence-corrected chi connectivity index (χ1v) is 23.7. The van der Waals surface area contributed by atoms with E-state index in [-0.39, 0.29) is 17.8 Å². The zero-order valence-corrected chi connectivity index (χ0v) is 42.1. The molecule has 5 N–H and O–H groups in total. The molecule has 398 valence electrons. The number of hydrogen-bond acceptors (Lipinski definition) is 14. The fraction of sp³-hybridized carbons (Fsp3) is 0.471. The Labute approximate surface area is 425 Å². The molecule has 2 aliphatic rings. The van der Waals surface area contributed by atoms with Crippen LogP contribution in [0.2, 0.25) is 0 Å². The number of amides is 4.